The zero-order chi connectivity index (χ0) is 55.0. The topological polar surface area (TPSA) is 114 Å². The van der Waals surface area contributed by atoms with E-state index < -0.39 is 26.6 Å². The number of carbonyl (C=O) groups excluding carboxylic acids is 2. The van der Waals surface area contributed by atoms with Gasteiger partial charge in [0.1, 0.15) is 19.3 Å². The van der Waals surface area contributed by atoms with E-state index in [1.165, 1.54) is 44.9 Å². The number of allylic oxidation sites excluding steroid dienone is 21. The summed E-state index contributed by atoms with van der Waals surface area (Å²) in [7, 11) is 1.11. The van der Waals surface area contributed by atoms with Crippen LogP contribution in [0, 0.1) is 0 Å². The molecule has 0 aliphatic rings. The molecule has 0 aliphatic heterocycles. The monoisotopic (exact) mass is 1060 g/mol. The fraction of sp³-hybridized carbons (Fsp3) is 0.631. The van der Waals surface area contributed by atoms with Crippen LogP contribution in [0.15, 0.2) is 134 Å². The van der Waals surface area contributed by atoms with Gasteiger partial charge in [-0.1, -0.05) is 219 Å². The number of carbonyl (C=O) groups is 2. The van der Waals surface area contributed by atoms with Crippen LogP contribution in [-0.2, 0) is 27.9 Å². The highest BCUT2D eigenvalue weighted by molar-refractivity contribution is 7.45. The smallest absolute Gasteiger partial charge is 0.306 e. The second kappa shape index (κ2) is 53.5. The summed E-state index contributed by atoms with van der Waals surface area (Å²) < 4.78 is 30.2. The number of hydrogen-bond acceptors (Lipinski definition) is 7. The molecule has 0 aromatic carbocycles. The Kier molecular flexibility index (Phi) is 50.8. The van der Waals surface area contributed by atoms with Gasteiger partial charge in [0, 0.05) is 12.8 Å². The number of nitrogens with one attached hydrogen (secondary N) is 1. The van der Waals surface area contributed by atoms with Gasteiger partial charge in [-0.3, -0.25) is 14.2 Å². The highest BCUT2D eigenvalue weighted by atomic mass is 31.2. The van der Waals surface area contributed by atoms with Gasteiger partial charge in [-0.15, -0.1) is 0 Å². The molecule has 75 heavy (non-hydrogen) atoms. The Morgan fingerprint density at radius 3 is 1.31 bits per heavy atom. The summed E-state index contributed by atoms with van der Waals surface area (Å²) in [6, 6.07) is -0.935. The number of amides is 1. The molecule has 3 unspecified atom stereocenters. The molecule has 0 heterocycles. The largest absolute Gasteiger partial charge is 0.756 e. The van der Waals surface area contributed by atoms with Crippen molar-refractivity contribution in [3.63, 3.8) is 0 Å². The molecule has 0 aromatic heterocycles. The predicted octanol–water partition coefficient (Wildman–Crippen LogP) is 17.5. The van der Waals surface area contributed by atoms with Gasteiger partial charge < -0.3 is 28.5 Å². The first-order valence-corrected chi connectivity index (χ1v) is 31.0. The van der Waals surface area contributed by atoms with Crippen LogP contribution in [0.4, 0.5) is 0 Å². The number of phosphoric acid groups is 1. The van der Waals surface area contributed by atoms with Crippen LogP contribution in [0.5, 0.6) is 0 Å². The Balaban J connectivity index is 5.40. The second-order valence-electron chi connectivity index (χ2n) is 20.4. The summed E-state index contributed by atoms with van der Waals surface area (Å²) in [5.41, 5.74) is 0. The van der Waals surface area contributed by atoms with Gasteiger partial charge in [-0.05, 0) is 115 Å². The van der Waals surface area contributed by atoms with E-state index in [2.05, 4.69) is 148 Å². The van der Waals surface area contributed by atoms with Crippen LogP contribution in [0.2, 0.25) is 0 Å². The van der Waals surface area contributed by atoms with Crippen molar-refractivity contribution >= 4 is 19.7 Å². The summed E-state index contributed by atoms with van der Waals surface area (Å²) in [5.74, 6) is -0.644. The predicted molar refractivity (Wildman–Crippen MR) is 320 cm³/mol. The van der Waals surface area contributed by atoms with Crippen molar-refractivity contribution in [2.45, 2.75) is 226 Å². The average Bonchev–Trinajstić information content (AvgIpc) is 3.37. The minimum atomic E-state index is -4.73. The van der Waals surface area contributed by atoms with Crippen molar-refractivity contribution in [2.24, 2.45) is 0 Å². The third-order valence-corrected chi connectivity index (χ3v) is 13.0. The summed E-state index contributed by atoms with van der Waals surface area (Å²) in [6.07, 6.45) is 75.7. The van der Waals surface area contributed by atoms with Crippen LogP contribution in [-0.4, -0.2) is 69.4 Å². The van der Waals surface area contributed by atoms with E-state index in [1.807, 2.05) is 27.2 Å². The first kappa shape index (κ1) is 71.2. The minimum Gasteiger partial charge on any atom is -0.756 e. The highest BCUT2D eigenvalue weighted by Gasteiger charge is 2.27. The molecule has 0 aliphatic carbocycles. The van der Waals surface area contributed by atoms with Crippen molar-refractivity contribution in [1.29, 1.82) is 0 Å². The molecule has 0 saturated heterocycles. The Morgan fingerprint density at radius 2 is 0.867 bits per heavy atom. The summed E-state index contributed by atoms with van der Waals surface area (Å²) in [4.78, 5) is 39.9. The quantitative estimate of drug-likeness (QED) is 0.0212. The van der Waals surface area contributed by atoms with E-state index in [9.17, 15) is 19.0 Å². The summed E-state index contributed by atoms with van der Waals surface area (Å²) in [5, 5.41) is 2.98. The molecule has 9 nitrogen and oxygen atoms in total. The molecule has 3 atom stereocenters. The number of rotatable bonds is 51. The number of esters is 1. The maximum Gasteiger partial charge on any atom is 0.306 e. The van der Waals surface area contributed by atoms with Crippen molar-refractivity contribution in [2.75, 3.05) is 40.9 Å². The molecule has 426 valence electrons. The average molecular weight is 1060 g/mol. The summed E-state index contributed by atoms with van der Waals surface area (Å²) in [6.45, 7) is 6.52. The number of phosphoric ester groups is 1. The van der Waals surface area contributed by atoms with Crippen LogP contribution in [0.25, 0.3) is 0 Å². The number of ether oxygens (including phenoxy) is 1. The normalized spacial score (nSPS) is 14.7. The Labute approximate surface area is 460 Å². The number of hydrogen-bond donors (Lipinski definition) is 1. The van der Waals surface area contributed by atoms with Crippen molar-refractivity contribution in [1.82, 2.24) is 5.32 Å². The lowest BCUT2D eigenvalue weighted by atomic mass is 10.1. The van der Waals surface area contributed by atoms with Crippen LogP contribution in [0.3, 0.4) is 0 Å². The van der Waals surface area contributed by atoms with Crippen molar-refractivity contribution < 1.29 is 37.3 Å². The third kappa shape index (κ3) is 54.7. The van der Waals surface area contributed by atoms with Gasteiger partial charge >= 0.3 is 5.97 Å². The van der Waals surface area contributed by atoms with E-state index in [0.29, 0.717) is 23.9 Å². The van der Waals surface area contributed by atoms with Gasteiger partial charge in [0.25, 0.3) is 7.82 Å². The first-order valence-electron chi connectivity index (χ1n) is 29.5. The number of unbranched alkanes of at least 4 members (excludes halogenated alkanes) is 15. The Hall–Kier alpha value is -3.85. The lowest BCUT2D eigenvalue weighted by molar-refractivity contribution is -0.870. The van der Waals surface area contributed by atoms with E-state index in [0.717, 1.165) is 122 Å². The maximum atomic E-state index is 13.5. The third-order valence-electron chi connectivity index (χ3n) is 12.1. The minimum absolute atomic E-state index is 0.0441. The van der Waals surface area contributed by atoms with E-state index in [1.54, 1.807) is 6.08 Å². The van der Waals surface area contributed by atoms with Crippen LogP contribution in [0.1, 0.15) is 213 Å². The molecule has 10 heteroatoms. The van der Waals surface area contributed by atoms with Crippen molar-refractivity contribution in [3.8, 4) is 0 Å². The lowest BCUT2D eigenvalue weighted by Gasteiger charge is -2.30. The first-order chi connectivity index (χ1) is 36.4. The molecule has 0 saturated carbocycles. The van der Waals surface area contributed by atoms with Crippen LogP contribution < -0.4 is 10.2 Å². The maximum absolute atomic E-state index is 13.5. The van der Waals surface area contributed by atoms with E-state index in [4.69, 9.17) is 13.8 Å². The number of quaternary nitrogens is 1. The Morgan fingerprint density at radius 1 is 0.480 bits per heavy atom. The van der Waals surface area contributed by atoms with Gasteiger partial charge in [-0.25, -0.2) is 0 Å². The molecule has 0 fully saturated rings. The molecule has 0 radical (unpaired) electrons. The molecule has 1 amide bonds. The second-order valence-corrected chi connectivity index (χ2v) is 21.8. The van der Waals surface area contributed by atoms with Crippen molar-refractivity contribution in [3.05, 3.63) is 134 Å². The zero-order valence-electron chi connectivity index (χ0n) is 48.4. The fourth-order valence-electron chi connectivity index (χ4n) is 7.58. The lowest BCUT2D eigenvalue weighted by Crippen LogP contribution is -2.47. The molecule has 0 spiro atoms. The standard InChI is InChI=1S/C65H109N2O7P/c1-7-10-13-16-19-22-25-27-29-31-32-33-34-36-38-40-43-46-49-52-55-58-65(69)74-63(56-53-50-47-44-41-24-21-18-15-12-9-3)62(61-73-75(70,71)72-60-59-67(4,5)6)66-64(68)57-54-51-48-45-42-39-37-35-30-28-26-23-20-17-14-11-8-2/h10-11,13-14,19-20,22-23,27-30,32-33,36-39,45,48,53,56,62-63H,7-9,12,15-18,21,24-26,31,34-35,40-44,46-47,49-52,54-55,57-61H2,1-6H3,(H-,66,68,70,71)/b13-10-,14-11-,22-19-,23-20-,29-27-,30-28-,33-32-,38-36-,39-37-,48-45-,56-53+. The number of likely N-dealkylation sites (N-methyl/N-ethyl adjacent to an activating group) is 1. The SMILES string of the molecule is CC/C=C\C/C=C\C/C=C\C/C=C\C/C=C\CCCCCCCC(=O)OC(/C=C/CCCCCCCCCCC)C(COP(=O)([O-])OCC[N+](C)(C)C)NC(=O)CCC/C=C\C/C=C\C/C=C\C/C=C\C/C=C\CC. The van der Waals surface area contributed by atoms with Gasteiger partial charge in [0.15, 0.2) is 0 Å². The molecular weight excluding hydrogens is 952 g/mol. The number of nitrogens with zero attached hydrogens (tertiary/aromatic N) is 1. The zero-order valence-corrected chi connectivity index (χ0v) is 49.3. The molecule has 0 bridgehead atoms. The van der Waals surface area contributed by atoms with Gasteiger partial charge in [0.2, 0.25) is 5.91 Å². The van der Waals surface area contributed by atoms with E-state index >= 15 is 0 Å². The van der Waals surface area contributed by atoms with Crippen LogP contribution >= 0.6 is 7.82 Å². The fourth-order valence-corrected chi connectivity index (χ4v) is 8.30. The molecule has 0 rings (SSSR count). The highest BCUT2D eigenvalue weighted by Crippen LogP contribution is 2.38. The van der Waals surface area contributed by atoms with Gasteiger partial charge in [0.05, 0.1) is 33.8 Å². The van der Waals surface area contributed by atoms with E-state index in [-0.39, 0.29) is 31.3 Å². The molecule has 0 aromatic rings. The Bertz CT molecular complexity index is 1740. The molecule has 1 N–H and O–H groups in total. The molecular formula is C65H109N2O7P. The summed E-state index contributed by atoms with van der Waals surface area (Å²) >= 11 is 0. The van der Waals surface area contributed by atoms with Gasteiger partial charge in [-0.2, -0.15) is 0 Å².